The molecule has 1 aromatic heterocycles. The van der Waals surface area contributed by atoms with Crippen LogP contribution in [0.3, 0.4) is 0 Å². The highest BCUT2D eigenvalue weighted by atomic mass is 19.1. The fourth-order valence-electron chi connectivity index (χ4n) is 1.98. The molecule has 94 valence electrons. The number of aromatic nitrogens is 2. The average molecular weight is 251 g/mol. The third-order valence-corrected chi connectivity index (χ3v) is 3.28. The zero-order valence-electron chi connectivity index (χ0n) is 9.49. The van der Waals surface area contributed by atoms with E-state index in [0.29, 0.717) is 5.82 Å². The number of hydrogen-bond acceptors (Lipinski definition) is 4. The monoisotopic (exact) mass is 251 g/mol. The Kier molecular flexibility index (Phi) is 2.41. The second-order valence-electron chi connectivity index (χ2n) is 4.56. The summed E-state index contributed by atoms with van der Waals surface area (Å²) in [5.74, 6) is -0.971. The Morgan fingerprint density at radius 3 is 2.67 bits per heavy atom. The molecule has 0 unspecified atom stereocenters. The van der Waals surface area contributed by atoms with Gasteiger partial charge in [0.15, 0.2) is 5.82 Å². The number of benzene rings is 1. The lowest BCUT2D eigenvalue weighted by atomic mass is 9.77. The van der Waals surface area contributed by atoms with Gasteiger partial charge < -0.3 is 10.3 Å². The largest absolute Gasteiger partial charge is 0.334 e. The predicted octanol–water partition coefficient (Wildman–Crippen LogP) is 2.35. The fraction of sp³-hybridized carbons (Fsp3) is 0.333. The van der Waals surface area contributed by atoms with Crippen molar-refractivity contribution in [2.24, 2.45) is 5.73 Å². The van der Waals surface area contributed by atoms with Crippen molar-refractivity contribution in [2.75, 3.05) is 0 Å². The van der Waals surface area contributed by atoms with E-state index in [-0.39, 0.29) is 11.5 Å². The van der Waals surface area contributed by atoms with Crippen molar-refractivity contribution < 1.29 is 13.3 Å². The molecule has 1 fully saturated rings. The molecule has 1 saturated carbocycles. The van der Waals surface area contributed by atoms with E-state index in [9.17, 15) is 8.78 Å². The van der Waals surface area contributed by atoms with Crippen molar-refractivity contribution in [3.8, 4) is 11.5 Å². The van der Waals surface area contributed by atoms with E-state index in [0.717, 1.165) is 31.4 Å². The summed E-state index contributed by atoms with van der Waals surface area (Å²) in [6.45, 7) is 0. The Morgan fingerprint density at radius 1 is 1.28 bits per heavy atom. The lowest BCUT2D eigenvalue weighted by Gasteiger charge is -2.34. The first-order valence-corrected chi connectivity index (χ1v) is 5.67. The first-order chi connectivity index (χ1) is 8.58. The van der Waals surface area contributed by atoms with Crippen molar-refractivity contribution in [1.82, 2.24) is 10.1 Å². The molecule has 3 rings (SSSR count). The molecule has 6 heteroatoms. The first-order valence-electron chi connectivity index (χ1n) is 5.67. The van der Waals surface area contributed by atoms with Gasteiger partial charge in [0.25, 0.3) is 5.89 Å². The predicted molar refractivity (Wildman–Crippen MR) is 59.4 cm³/mol. The molecule has 0 spiro atoms. The molecule has 18 heavy (non-hydrogen) atoms. The van der Waals surface area contributed by atoms with Gasteiger partial charge in [0.2, 0.25) is 0 Å². The molecule has 2 aromatic rings. The number of nitrogens with two attached hydrogens (primary N) is 1. The Labute approximate surface area is 102 Å². The maximum absolute atomic E-state index is 13.5. The minimum atomic E-state index is -0.732. The molecular weight excluding hydrogens is 240 g/mol. The fourth-order valence-corrected chi connectivity index (χ4v) is 1.98. The van der Waals surface area contributed by atoms with Gasteiger partial charge in [-0.25, -0.2) is 8.78 Å². The summed E-state index contributed by atoms with van der Waals surface area (Å²) in [6, 6.07) is 3.19. The highest BCUT2D eigenvalue weighted by Gasteiger charge is 2.39. The highest BCUT2D eigenvalue weighted by Crippen LogP contribution is 2.37. The van der Waals surface area contributed by atoms with E-state index in [1.165, 1.54) is 6.07 Å². The van der Waals surface area contributed by atoms with Gasteiger partial charge in [-0.15, -0.1) is 0 Å². The summed E-state index contributed by atoms with van der Waals surface area (Å²) in [7, 11) is 0. The number of hydrogen-bond donors (Lipinski definition) is 1. The number of nitrogens with zero attached hydrogens (tertiary/aromatic N) is 2. The van der Waals surface area contributed by atoms with E-state index in [4.69, 9.17) is 10.3 Å². The van der Waals surface area contributed by atoms with Gasteiger partial charge in [-0.1, -0.05) is 5.16 Å². The minimum absolute atomic E-state index is 0.0271. The summed E-state index contributed by atoms with van der Waals surface area (Å²) in [4.78, 5) is 4.10. The maximum atomic E-state index is 13.5. The van der Waals surface area contributed by atoms with Crippen LogP contribution < -0.4 is 5.73 Å². The summed E-state index contributed by atoms with van der Waals surface area (Å²) >= 11 is 0. The Hall–Kier alpha value is -1.82. The van der Waals surface area contributed by atoms with Crippen LogP contribution in [-0.4, -0.2) is 10.1 Å². The van der Waals surface area contributed by atoms with E-state index in [2.05, 4.69) is 10.1 Å². The first kappa shape index (κ1) is 11.3. The topological polar surface area (TPSA) is 64.9 Å². The molecule has 0 atom stereocenters. The van der Waals surface area contributed by atoms with Crippen LogP contribution in [0.2, 0.25) is 0 Å². The molecular formula is C12H11F2N3O. The number of rotatable bonds is 2. The molecule has 1 heterocycles. The molecule has 0 bridgehead atoms. The smallest absolute Gasteiger partial charge is 0.260 e. The van der Waals surface area contributed by atoms with Crippen molar-refractivity contribution >= 4 is 0 Å². The Morgan fingerprint density at radius 2 is 2.06 bits per heavy atom. The normalized spacial score (nSPS) is 17.5. The molecule has 1 aliphatic carbocycles. The van der Waals surface area contributed by atoms with E-state index in [1.54, 1.807) is 0 Å². The van der Waals surface area contributed by atoms with Gasteiger partial charge in [0.05, 0.1) is 11.1 Å². The molecule has 0 aliphatic heterocycles. The number of halogens is 2. The van der Waals surface area contributed by atoms with E-state index in [1.807, 2.05) is 0 Å². The lowest BCUT2D eigenvalue weighted by Crippen LogP contribution is -2.44. The Balaban J connectivity index is 1.97. The molecule has 1 aliphatic rings. The van der Waals surface area contributed by atoms with Gasteiger partial charge in [-0.3, -0.25) is 0 Å². The van der Waals surface area contributed by atoms with Crippen LogP contribution in [-0.2, 0) is 5.54 Å². The van der Waals surface area contributed by atoms with Gasteiger partial charge in [0.1, 0.15) is 11.6 Å². The highest BCUT2D eigenvalue weighted by molar-refractivity contribution is 5.53. The summed E-state index contributed by atoms with van der Waals surface area (Å²) in [5, 5.41) is 3.78. The van der Waals surface area contributed by atoms with Crippen LogP contribution in [0.5, 0.6) is 0 Å². The maximum Gasteiger partial charge on any atom is 0.260 e. The molecule has 2 N–H and O–H groups in total. The summed E-state index contributed by atoms with van der Waals surface area (Å²) in [6.07, 6.45) is 2.60. The van der Waals surface area contributed by atoms with Crippen LogP contribution in [0, 0.1) is 11.6 Å². The third-order valence-electron chi connectivity index (χ3n) is 3.28. The minimum Gasteiger partial charge on any atom is -0.334 e. The molecule has 1 aromatic carbocycles. The van der Waals surface area contributed by atoms with E-state index >= 15 is 0 Å². The van der Waals surface area contributed by atoms with Gasteiger partial charge in [-0.05, 0) is 31.4 Å². The van der Waals surface area contributed by atoms with Gasteiger partial charge >= 0.3 is 0 Å². The quantitative estimate of drug-likeness (QED) is 0.889. The van der Waals surface area contributed by atoms with Crippen LogP contribution in [0.25, 0.3) is 11.5 Å². The third kappa shape index (κ3) is 1.69. The standard InChI is InChI=1S/C12H11F2N3O/c13-7-2-3-8(9(14)6-7)10-16-11(17-18-10)12(15)4-1-5-12/h2-3,6H,1,4-5,15H2. The summed E-state index contributed by atoms with van der Waals surface area (Å²) < 4.78 is 31.3. The second-order valence-corrected chi connectivity index (χ2v) is 4.56. The average Bonchev–Trinajstić information content (AvgIpc) is 2.75. The molecule has 4 nitrogen and oxygen atoms in total. The summed E-state index contributed by atoms with van der Waals surface area (Å²) in [5.41, 5.74) is 5.56. The van der Waals surface area contributed by atoms with Crippen LogP contribution in [0.4, 0.5) is 8.78 Å². The Bertz CT molecular complexity index is 593. The second kappa shape index (κ2) is 3.84. The van der Waals surface area contributed by atoms with Gasteiger partial charge in [-0.2, -0.15) is 4.98 Å². The molecule has 0 saturated heterocycles. The van der Waals surface area contributed by atoms with Crippen LogP contribution >= 0.6 is 0 Å². The van der Waals surface area contributed by atoms with Crippen molar-refractivity contribution in [2.45, 2.75) is 24.8 Å². The SMILES string of the molecule is NC1(c2noc(-c3ccc(F)cc3F)n2)CCC1. The van der Waals surface area contributed by atoms with Crippen molar-refractivity contribution in [1.29, 1.82) is 0 Å². The molecule has 0 radical (unpaired) electrons. The molecule has 0 amide bonds. The van der Waals surface area contributed by atoms with Gasteiger partial charge in [0, 0.05) is 6.07 Å². The van der Waals surface area contributed by atoms with Crippen molar-refractivity contribution in [3.05, 3.63) is 35.7 Å². The van der Waals surface area contributed by atoms with Crippen molar-refractivity contribution in [3.63, 3.8) is 0 Å². The van der Waals surface area contributed by atoms with Crippen LogP contribution in [0.15, 0.2) is 22.7 Å². The van der Waals surface area contributed by atoms with E-state index < -0.39 is 17.2 Å². The zero-order valence-corrected chi connectivity index (χ0v) is 9.49. The zero-order chi connectivity index (χ0) is 12.8. The van der Waals surface area contributed by atoms with Crippen LogP contribution in [0.1, 0.15) is 25.1 Å². The lowest BCUT2D eigenvalue weighted by molar-refractivity contribution is 0.229.